The molecule has 0 bridgehead atoms. The summed E-state index contributed by atoms with van der Waals surface area (Å²) in [5.41, 5.74) is -0.0498. The zero-order valence-electron chi connectivity index (χ0n) is 10.0. The highest BCUT2D eigenvalue weighted by molar-refractivity contribution is 5.82. The Kier molecular flexibility index (Phi) is 3.03. The van der Waals surface area contributed by atoms with Crippen molar-refractivity contribution in [2.45, 2.75) is 64.8 Å². The number of rotatable bonds is 2. The molecule has 2 aliphatic carbocycles. The average Bonchev–Trinajstić information content (AvgIpc) is 2.76. The molecule has 2 rings (SSSR count). The predicted octanol–water partition coefficient (Wildman–Crippen LogP) is 2.87. The number of carbonyl (C=O) groups is 1. The van der Waals surface area contributed by atoms with Crippen LogP contribution in [0, 0.1) is 11.3 Å². The van der Waals surface area contributed by atoms with Crippen LogP contribution >= 0.6 is 0 Å². The van der Waals surface area contributed by atoms with Crippen molar-refractivity contribution in [2.24, 2.45) is 11.3 Å². The summed E-state index contributed by atoms with van der Waals surface area (Å²) in [6, 6.07) is 0.463. The highest BCUT2D eigenvalue weighted by Crippen LogP contribution is 2.38. The van der Waals surface area contributed by atoms with Gasteiger partial charge in [0.2, 0.25) is 5.91 Å². The van der Waals surface area contributed by atoms with Gasteiger partial charge in [-0.05, 0) is 38.0 Å². The molecule has 15 heavy (non-hydrogen) atoms. The largest absolute Gasteiger partial charge is 0.353 e. The molecule has 0 aromatic rings. The first-order valence-corrected chi connectivity index (χ1v) is 6.41. The molecule has 2 aliphatic rings. The van der Waals surface area contributed by atoms with Gasteiger partial charge in [0, 0.05) is 11.5 Å². The molecule has 0 aromatic heterocycles. The van der Waals surface area contributed by atoms with E-state index in [1.54, 1.807) is 0 Å². The minimum atomic E-state index is -0.0498. The van der Waals surface area contributed by atoms with Crippen LogP contribution in [0.1, 0.15) is 58.8 Å². The number of hydrogen-bond donors (Lipinski definition) is 1. The summed E-state index contributed by atoms with van der Waals surface area (Å²) >= 11 is 0. The molecular formula is C13H23NO. The maximum Gasteiger partial charge on any atom is 0.226 e. The smallest absolute Gasteiger partial charge is 0.226 e. The van der Waals surface area contributed by atoms with Crippen molar-refractivity contribution < 1.29 is 4.79 Å². The van der Waals surface area contributed by atoms with Crippen molar-refractivity contribution >= 4 is 5.91 Å². The molecular weight excluding hydrogens is 186 g/mol. The molecule has 2 heteroatoms. The van der Waals surface area contributed by atoms with E-state index in [1.165, 1.54) is 32.1 Å². The monoisotopic (exact) mass is 209 g/mol. The van der Waals surface area contributed by atoms with Crippen LogP contribution < -0.4 is 5.32 Å². The molecule has 0 heterocycles. The van der Waals surface area contributed by atoms with Crippen LogP contribution in [0.4, 0.5) is 0 Å². The number of nitrogens with one attached hydrogen (secondary N) is 1. The zero-order chi connectivity index (χ0) is 10.9. The number of carbonyl (C=O) groups excluding carboxylic acids is 1. The fraction of sp³-hybridized carbons (Fsp3) is 0.923. The molecule has 86 valence electrons. The lowest BCUT2D eigenvalue weighted by Gasteiger charge is -2.25. The molecule has 1 amide bonds. The molecule has 2 saturated carbocycles. The summed E-state index contributed by atoms with van der Waals surface area (Å²) in [6.07, 6.45) is 8.27. The summed E-state index contributed by atoms with van der Waals surface area (Å²) in [7, 11) is 0. The molecule has 1 N–H and O–H groups in total. The lowest BCUT2D eigenvalue weighted by molar-refractivity contribution is -0.130. The standard InChI is InChI=1S/C13H23NO/c1-10-5-6-11(9-10)14-12(15)13(2)7-3-4-8-13/h10-11H,3-9H2,1-2H3,(H,14,15). The molecule has 0 radical (unpaired) electrons. The fourth-order valence-corrected chi connectivity index (χ4v) is 3.08. The second kappa shape index (κ2) is 4.15. The van der Waals surface area contributed by atoms with Gasteiger partial charge in [-0.1, -0.05) is 26.7 Å². The van der Waals surface area contributed by atoms with Crippen LogP contribution in [0.25, 0.3) is 0 Å². The molecule has 0 spiro atoms. The molecule has 2 fully saturated rings. The summed E-state index contributed by atoms with van der Waals surface area (Å²) in [4.78, 5) is 12.1. The van der Waals surface area contributed by atoms with E-state index in [9.17, 15) is 4.79 Å². The zero-order valence-corrected chi connectivity index (χ0v) is 10.0. The van der Waals surface area contributed by atoms with Crippen molar-refractivity contribution in [1.82, 2.24) is 5.32 Å². The molecule has 0 aliphatic heterocycles. The highest BCUT2D eigenvalue weighted by atomic mass is 16.2. The normalized spacial score (nSPS) is 34.3. The second-order valence-electron chi connectivity index (χ2n) is 5.86. The minimum absolute atomic E-state index is 0.0498. The first kappa shape index (κ1) is 11.0. The van der Waals surface area contributed by atoms with E-state index in [4.69, 9.17) is 0 Å². The van der Waals surface area contributed by atoms with Crippen LogP contribution in [0.3, 0.4) is 0 Å². The van der Waals surface area contributed by atoms with Gasteiger partial charge in [-0.2, -0.15) is 0 Å². The quantitative estimate of drug-likeness (QED) is 0.744. The molecule has 2 nitrogen and oxygen atoms in total. The van der Waals surface area contributed by atoms with Crippen molar-refractivity contribution in [2.75, 3.05) is 0 Å². The van der Waals surface area contributed by atoms with Gasteiger partial charge < -0.3 is 5.32 Å². The van der Waals surface area contributed by atoms with Gasteiger partial charge in [0.05, 0.1) is 0 Å². The fourth-order valence-electron chi connectivity index (χ4n) is 3.08. The van der Waals surface area contributed by atoms with Gasteiger partial charge in [-0.15, -0.1) is 0 Å². The summed E-state index contributed by atoms with van der Waals surface area (Å²) in [5, 5.41) is 3.25. The van der Waals surface area contributed by atoms with Gasteiger partial charge in [0.25, 0.3) is 0 Å². The Morgan fingerprint density at radius 2 is 1.93 bits per heavy atom. The van der Waals surface area contributed by atoms with E-state index in [0.29, 0.717) is 11.9 Å². The first-order valence-electron chi connectivity index (χ1n) is 6.41. The van der Waals surface area contributed by atoms with Crippen LogP contribution in [-0.2, 0) is 4.79 Å². The topological polar surface area (TPSA) is 29.1 Å². The molecule has 0 saturated heterocycles. The van der Waals surface area contributed by atoms with Gasteiger partial charge in [0.15, 0.2) is 0 Å². The second-order valence-corrected chi connectivity index (χ2v) is 5.86. The van der Waals surface area contributed by atoms with E-state index < -0.39 is 0 Å². The Hall–Kier alpha value is -0.530. The van der Waals surface area contributed by atoms with E-state index >= 15 is 0 Å². The number of amides is 1. The predicted molar refractivity (Wildman–Crippen MR) is 61.5 cm³/mol. The van der Waals surface area contributed by atoms with Gasteiger partial charge >= 0.3 is 0 Å². The Morgan fingerprint density at radius 1 is 1.27 bits per heavy atom. The van der Waals surface area contributed by atoms with Crippen LogP contribution in [-0.4, -0.2) is 11.9 Å². The van der Waals surface area contributed by atoms with E-state index in [-0.39, 0.29) is 5.41 Å². The summed E-state index contributed by atoms with van der Waals surface area (Å²) in [6.45, 7) is 4.41. The van der Waals surface area contributed by atoms with Crippen molar-refractivity contribution in [1.29, 1.82) is 0 Å². The van der Waals surface area contributed by atoms with Gasteiger partial charge in [-0.25, -0.2) is 0 Å². The van der Waals surface area contributed by atoms with Crippen LogP contribution in [0.2, 0.25) is 0 Å². The van der Waals surface area contributed by atoms with Crippen molar-refractivity contribution in [3.63, 3.8) is 0 Å². The third kappa shape index (κ3) is 2.35. The van der Waals surface area contributed by atoms with Crippen molar-refractivity contribution in [3.8, 4) is 0 Å². The van der Waals surface area contributed by atoms with E-state index in [1.807, 2.05) is 0 Å². The Morgan fingerprint density at radius 3 is 2.47 bits per heavy atom. The van der Waals surface area contributed by atoms with Gasteiger partial charge in [0.1, 0.15) is 0 Å². The average molecular weight is 209 g/mol. The lowest BCUT2D eigenvalue weighted by Crippen LogP contribution is -2.42. The highest BCUT2D eigenvalue weighted by Gasteiger charge is 2.37. The van der Waals surface area contributed by atoms with E-state index in [0.717, 1.165) is 18.8 Å². The third-order valence-corrected chi connectivity index (χ3v) is 4.29. The Bertz CT molecular complexity index is 243. The SMILES string of the molecule is CC1CCC(NC(=O)C2(C)CCCC2)C1. The minimum Gasteiger partial charge on any atom is -0.353 e. The molecule has 0 aromatic carbocycles. The number of hydrogen-bond acceptors (Lipinski definition) is 1. The summed E-state index contributed by atoms with van der Waals surface area (Å²) < 4.78 is 0. The lowest BCUT2D eigenvalue weighted by atomic mass is 9.87. The molecule has 2 atom stereocenters. The Balaban J connectivity index is 1.86. The van der Waals surface area contributed by atoms with Crippen LogP contribution in [0.5, 0.6) is 0 Å². The maximum atomic E-state index is 12.1. The third-order valence-electron chi connectivity index (χ3n) is 4.29. The maximum absolute atomic E-state index is 12.1. The van der Waals surface area contributed by atoms with E-state index in [2.05, 4.69) is 19.2 Å². The van der Waals surface area contributed by atoms with Gasteiger partial charge in [-0.3, -0.25) is 4.79 Å². The first-order chi connectivity index (χ1) is 7.10. The summed E-state index contributed by atoms with van der Waals surface area (Å²) in [5.74, 6) is 1.12. The van der Waals surface area contributed by atoms with Crippen molar-refractivity contribution in [3.05, 3.63) is 0 Å². The molecule has 2 unspecified atom stereocenters. The Labute approximate surface area is 92.8 Å². The van der Waals surface area contributed by atoms with Crippen LogP contribution in [0.15, 0.2) is 0 Å².